The van der Waals surface area contributed by atoms with Gasteiger partial charge in [0, 0.05) is 6.54 Å². The van der Waals surface area contributed by atoms with Crippen molar-refractivity contribution in [1.82, 2.24) is 10.6 Å². The van der Waals surface area contributed by atoms with Crippen LogP contribution in [0.15, 0.2) is 24.3 Å². The molecule has 0 aliphatic rings. The molecule has 2 unspecified atom stereocenters. The molecule has 22 heavy (non-hydrogen) atoms. The van der Waals surface area contributed by atoms with E-state index in [9.17, 15) is 9.90 Å². The lowest BCUT2D eigenvalue weighted by molar-refractivity contribution is 0.116. The SMILES string of the molecule is Cc1ccc(OC(C)CNC(=O)NCCC(O)C(C)C)cc1. The van der Waals surface area contributed by atoms with E-state index in [0.717, 1.165) is 5.75 Å². The number of hydrogen-bond donors (Lipinski definition) is 3. The average molecular weight is 308 g/mol. The zero-order chi connectivity index (χ0) is 16.5. The molecule has 0 saturated carbocycles. The van der Waals surface area contributed by atoms with Crippen LogP contribution in [0.5, 0.6) is 5.75 Å². The first kappa shape index (κ1) is 18.3. The molecule has 0 radical (unpaired) electrons. The van der Waals surface area contributed by atoms with Gasteiger partial charge in [-0.1, -0.05) is 31.5 Å². The Morgan fingerprint density at radius 1 is 1.18 bits per heavy atom. The lowest BCUT2D eigenvalue weighted by Crippen LogP contribution is -2.41. The van der Waals surface area contributed by atoms with Crippen LogP contribution in [0.3, 0.4) is 0 Å². The molecular formula is C17H28N2O3. The molecule has 0 saturated heterocycles. The lowest BCUT2D eigenvalue weighted by atomic mass is 10.0. The fraction of sp³-hybridized carbons (Fsp3) is 0.588. The summed E-state index contributed by atoms with van der Waals surface area (Å²) in [6, 6.07) is 7.57. The summed E-state index contributed by atoms with van der Waals surface area (Å²) < 4.78 is 5.71. The molecule has 0 aliphatic heterocycles. The molecule has 2 amide bonds. The minimum Gasteiger partial charge on any atom is -0.489 e. The van der Waals surface area contributed by atoms with Crippen molar-refractivity contribution in [3.8, 4) is 5.75 Å². The maximum absolute atomic E-state index is 11.6. The van der Waals surface area contributed by atoms with Crippen molar-refractivity contribution in [2.75, 3.05) is 13.1 Å². The van der Waals surface area contributed by atoms with Crippen LogP contribution in [0.4, 0.5) is 4.79 Å². The van der Waals surface area contributed by atoms with Gasteiger partial charge in [0.05, 0.1) is 12.6 Å². The number of ether oxygens (including phenoxy) is 1. The molecule has 0 aliphatic carbocycles. The molecule has 5 heteroatoms. The number of aliphatic hydroxyl groups is 1. The minimum absolute atomic E-state index is 0.116. The van der Waals surface area contributed by atoms with Gasteiger partial charge < -0.3 is 20.5 Å². The molecule has 0 bridgehead atoms. The van der Waals surface area contributed by atoms with Crippen LogP contribution in [0.2, 0.25) is 0 Å². The van der Waals surface area contributed by atoms with Gasteiger partial charge in [-0.2, -0.15) is 0 Å². The smallest absolute Gasteiger partial charge is 0.314 e. The molecule has 3 N–H and O–H groups in total. The summed E-state index contributed by atoms with van der Waals surface area (Å²) in [5.41, 5.74) is 1.18. The van der Waals surface area contributed by atoms with Crippen molar-refractivity contribution in [2.45, 2.75) is 46.3 Å². The van der Waals surface area contributed by atoms with Crippen molar-refractivity contribution >= 4 is 6.03 Å². The molecular weight excluding hydrogens is 280 g/mol. The monoisotopic (exact) mass is 308 g/mol. The van der Waals surface area contributed by atoms with Crippen LogP contribution in [-0.4, -0.2) is 36.4 Å². The number of carbonyl (C=O) groups excluding carboxylic acids is 1. The summed E-state index contributed by atoms with van der Waals surface area (Å²) in [5, 5.41) is 15.1. The zero-order valence-electron chi connectivity index (χ0n) is 13.9. The standard InChI is InChI=1S/C17H28N2O3/c1-12(2)16(20)9-10-18-17(21)19-11-14(4)22-15-7-5-13(3)6-8-15/h5-8,12,14,16,20H,9-11H2,1-4H3,(H2,18,19,21). The second-order valence-corrected chi connectivity index (χ2v) is 5.98. The third-order valence-electron chi connectivity index (χ3n) is 3.40. The number of carbonyl (C=O) groups is 1. The van der Waals surface area contributed by atoms with Crippen molar-refractivity contribution in [3.63, 3.8) is 0 Å². The topological polar surface area (TPSA) is 70.6 Å². The summed E-state index contributed by atoms with van der Waals surface area (Å²) in [6.45, 7) is 8.71. The van der Waals surface area contributed by atoms with Crippen LogP contribution in [-0.2, 0) is 0 Å². The van der Waals surface area contributed by atoms with Gasteiger partial charge >= 0.3 is 6.03 Å². The Morgan fingerprint density at radius 2 is 1.82 bits per heavy atom. The molecule has 124 valence electrons. The number of rotatable bonds is 8. The highest BCUT2D eigenvalue weighted by Gasteiger charge is 2.10. The Balaban J connectivity index is 2.19. The van der Waals surface area contributed by atoms with E-state index in [1.165, 1.54) is 5.56 Å². The van der Waals surface area contributed by atoms with E-state index in [1.807, 2.05) is 52.0 Å². The summed E-state index contributed by atoms with van der Waals surface area (Å²) in [5.74, 6) is 0.994. The lowest BCUT2D eigenvalue weighted by Gasteiger charge is -2.17. The number of nitrogens with one attached hydrogen (secondary N) is 2. The normalized spacial score (nSPS) is 13.5. The van der Waals surface area contributed by atoms with Crippen molar-refractivity contribution in [2.24, 2.45) is 5.92 Å². The number of urea groups is 1. The quantitative estimate of drug-likeness (QED) is 0.691. The molecule has 0 spiro atoms. The number of benzene rings is 1. The highest BCUT2D eigenvalue weighted by Crippen LogP contribution is 2.12. The van der Waals surface area contributed by atoms with E-state index in [4.69, 9.17) is 4.74 Å². The van der Waals surface area contributed by atoms with Crippen LogP contribution in [0, 0.1) is 12.8 Å². The van der Waals surface area contributed by atoms with Gasteiger partial charge in [-0.25, -0.2) is 4.79 Å². The molecule has 2 atom stereocenters. The van der Waals surface area contributed by atoms with Gasteiger partial charge in [-0.3, -0.25) is 0 Å². The van der Waals surface area contributed by atoms with Gasteiger partial charge in [-0.15, -0.1) is 0 Å². The van der Waals surface area contributed by atoms with Crippen LogP contribution >= 0.6 is 0 Å². The number of aryl methyl sites for hydroxylation is 1. The van der Waals surface area contributed by atoms with Gasteiger partial charge in [0.2, 0.25) is 0 Å². The van der Waals surface area contributed by atoms with Crippen molar-refractivity contribution in [1.29, 1.82) is 0 Å². The van der Waals surface area contributed by atoms with E-state index in [1.54, 1.807) is 0 Å². The highest BCUT2D eigenvalue weighted by molar-refractivity contribution is 5.73. The van der Waals surface area contributed by atoms with Crippen LogP contribution < -0.4 is 15.4 Å². The summed E-state index contributed by atoms with van der Waals surface area (Å²) >= 11 is 0. The van der Waals surface area contributed by atoms with E-state index < -0.39 is 0 Å². The number of hydrogen-bond acceptors (Lipinski definition) is 3. The Bertz CT molecular complexity index is 446. The zero-order valence-corrected chi connectivity index (χ0v) is 13.9. The minimum atomic E-state index is -0.385. The van der Waals surface area contributed by atoms with Gasteiger partial charge in [0.1, 0.15) is 11.9 Å². The van der Waals surface area contributed by atoms with Crippen LogP contribution in [0.1, 0.15) is 32.8 Å². The van der Waals surface area contributed by atoms with Crippen molar-refractivity contribution in [3.05, 3.63) is 29.8 Å². The Kier molecular flexibility index (Phi) is 7.74. The summed E-state index contributed by atoms with van der Waals surface area (Å²) in [6.07, 6.45) is 0.0550. The molecule has 1 aromatic rings. The maximum atomic E-state index is 11.6. The number of amides is 2. The summed E-state index contributed by atoms with van der Waals surface area (Å²) in [7, 11) is 0. The number of aliphatic hydroxyl groups excluding tert-OH is 1. The Hall–Kier alpha value is -1.75. The first-order chi connectivity index (χ1) is 10.4. The van der Waals surface area contributed by atoms with Crippen molar-refractivity contribution < 1.29 is 14.6 Å². The van der Waals surface area contributed by atoms with Crippen LogP contribution in [0.25, 0.3) is 0 Å². The fourth-order valence-electron chi connectivity index (χ4n) is 1.86. The van der Waals surface area contributed by atoms with E-state index >= 15 is 0 Å². The molecule has 0 heterocycles. The summed E-state index contributed by atoms with van der Waals surface area (Å²) in [4.78, 5) is 11.6. The van der Waals surface area contributed by atoms with E-state index in [2.05, 4.69) is 10.6 Å². The van der Waals surface area contributed by atoms with E-state index in [-0.39, 0.29) is 24.2 Å². The largest absolute Gasteiger partial charge is 0.489 e. The molecule has 1 rings (SSSR count). The van der Waals surface area contributed by atoms with Gasteiger partial charge in [-0.05, 0) is 38.3 Å². The average Bonchev–Trinajstić information content (AvgIpc) is 2.47. The third-order valence-corrected chi connectivity index (χ3v) is 3.40. The van der Waals surface area contributed by atoms with Gasteiger partial charge in [0.25, 0.3) is 0 Å². The second kappa shape index (κ2) is 9.30. The molecule has 1 aromatic carbocycles. The van der Waals surface area contributed by atoms with Gasteiger partial charge in [0.15, 0.2) is 0 Å². The predicted molar refractivity (Wildman–Crippen MR) is 88.1 cm³/mol. The molecule has 5 nitrogen and oxygen atoms in total. The maximum Gasteiger partial charge on any atom is 0.314 e. The first-order valence-corrected chi connectivity index (χ1v) is 7.81. The fourth-order valence-corrected chi connectivity index (χ4v) is 1.86. The Labute approximate surface area is 133 Å². The second-order valence-electron chi connectivity index (χ2n) is 5.98. The highest BCUT2D eigenvalue weighted by atomic mass is 16.5. The first-order valence-electron chi connectivity index (χ1n) is 7.81. The van der Waals surface area contributed by atoms with E-state index in [0.29, 0.717) is 19.5 Å². The predicted octanol–water partition coefficient (Wildman–Crippen LogP) is 2.47. The third kappa shape index (κ3) is 7.31. The Morgan fingerprint density at radius 3 is 2.41 bits per heavy atom. The molecule has 0 fully saturated rings. The molecule has 0 aromatic heterocycles.